The van der Waals surface area contributed by atoms with Crippen molar-refractivity contribution < 1.29 is 14.6 Å². The fourth-order valence-corrected chi connectivity index (χ4v) is 1.53. The van der Waals surface area contributed by atoms with Crippen LogP contribution in [0.25, 0.3) is 0 Å². The van der Waals surface area contributed by atoms with Gasteiger partial charge in [-0.2, -0.15) is 0 Å². The molecule has 20 heavy (non-hydrogen) atoms. The zero-order valence-electron chi connectivity index (χ0n) is 13.2. The van der Waals surface area contributed by atoms with Gasteiger partial charge < -0.3 is 15.2 Å². The van der Waals surface area contributed by atoms with E-state index in [1.165, 1.54) is 0 Å². The third-order valence-corrected chi connectivity index (χ3v) is 2.24. The van der Waals surface area contributed by atoms with Gasteiger partial charge in [-0.25, -0.2) is 4.79 Å². The molecule has 0 saturated carbocycles. The van der Waals surface area contributed by atoms with E-state index in [-0.39, 0.29) is 6.61 Å². The van der Waals surface area contributed by atoms with Gasteiger partial charge in [0.2, 0.25) is 0 Å². The molecule has 0 aromatic carbocycles. The van der Waals surface area contributed by atoms with E-state index in [0.717, 1.165) is 17.6 Å². The van der Waals surface area contributed by atoms with E-state index in [1.54, 1.807) is 0 Å². The molecule has 0 aromatic heterocycles. The summed E-state index contributed by atoms with van der Waals surface area (Å²) in [6, 6.07) is 0. The van der Waals surface area contributed by atoms with Gasteiger partial charge in [-0.05, 0) is 45.3 Å². The lowest BCUT2D eigenvalue weighted by molar-refractivity contribution is 0.0533. The van der Waals surface area contributed by atoms with Crippen molar-refractivity contribution >= 4 is 6.09 Å². The van der Waals surface area contributed by atoms with Crippen molar-refractivity contribution in [2.24, 2.45) is 0 Å². The van der Waals surface area contributed by atoms with Gasteiger partial charge >= 0.3 is 6.09 Å². The number of rotatable bonds is 6. The van der Waals surface area contributed by atoms with Crippen LogP contribution in [0.1, 0.15) is 41.0 Å². The molecule has 0 aliphatic carbocycles. The zero-order chi connectivity index (χ0) is 15.6. The Labute approximate surface area is 122 Å². The fraction of sp³-hybridized carbons (Fsp3) is 0.562. The molecule has 4 heteroatoms. The molecule has 0 saturated heterocycles. The van der Waals surface area contributed by atoms with E-state index in [9.17, 15) is 9.90 Å². The van der Waals surface area contributed by atoms with Crippen LogP contribution in [0.5, 0.6) is 0 Å². The maximum Gasteiger partial charge on any atom is 0.407 e. The molecule has 0 fully saturated rings. The Morgan fingerprint density at radius 1 is 1.30 bits per heavy atom. The summed E-state index contributed by atoms with van der Waals surface area (Å²) in [6.07, 6.45) is 8.02. The van der Waals surface area contributed by atoms with Gasteiger partial charge in [-0.15, -0.1) is 0 Å². The van der Waals surface area contributed by atoms with Crippen molar-refractivity contribution in [3.8, 4) is 0 Å². The number of nitrogens with one attached hydrogen (secondary N) is 1. The Hall–Kier alpha value is -1.55. The van der Waals surface area contributed by atoms with E-state index in [0.29, 0.717) is 6.54 Å². The molecule has 114 valence electrons. The number of hydrogen-bond acceptors (Lipinski definition) is 3. The Kier molecular flexibility index (Phi) is 8.64. The average Bonchev–Trinajstić information content (AvgIpc) is 2.33. The minimum Gasteiger partial charge on any atom is -0.444 e. The number of alkyl carbamates (subject to hydrolysis) is 1. The van der Waals surface area contributed by atoms with Crippen molar-refractivity contribution in [2.45, 2.75) is 46.6 Å². The van der Waals surface area contributed by atoms with Crippen molar-refractivity contribution in [1.29, 1.82) is 0 Å². The number of aliphatic hydroxyl groups is 1. The van der Waals surface area contributed by atoms with Crippen LogP contribution in [0.4, 0.5) is 4.79 Å². The third-order valence-electron chi connectivity index (χ3n) is 2.24. The smallest absolute Gasteiger partial charge is 0.407 e. The van der Waals surface area contributed by atoms with Crippen molar-refractivity contribution in [3.63, 3.8) is 0 Å². The minimum absolute atomic E-state index is 0.0299. The molecule has 0 spiro atoms. The fourth-order valence-electron chi connectivity index (χ4n) is 1.53. The molecule has 0 radical (unpaired) electrons. The number of carbonyl (C=O) groups is 1. The average molecular weight is 281 g/mol. The summed E-state index contributed by atoms with van der Waals surface area (Å²) in [7, 11) is 0. The lowest BCUT2D eigenvalue weighted by atomic mass is 10.1. The first kappa shape index (κ1) is 18.4. The van der Waals surface area contributed by atoms with Gasteiger partial charge in [0, 0.05) is 6.54 Å². The van der Waals surface area contributed by atoms with E-state index in [2.05, 4.69) is 5.32 Å². The number of aliphatic hydroxyl groups excluding tert-OH is 1. The van der Waals surface area contributed by atoms with Crippen LogP contribution in [0, 0.1) is 0 Å². The van der Waals surface area contributed by atoms with Crippen LogP contribution in [0.2, 0.25) is 0 Å². The number of ether oxygens (including phenoxy) is 1. The summed E-state index contributed by atoms with van der Waals surface area (Å²) in [6.45, 7) is 9.74. The quantitative estimate of drug-likeness (QED) is 0.734. The van der Waals surface area contributed by atoms with Crippen LogP contribution in [-0.2, 0) is 4.74 Å². The molecule has 0 bridgehead atoms. The highest BCUT2D eigenvalue weighted by Gasteiger charge is 2.15. The maximum absolute atomic E-state index is 11.6. The SMILES string of the molecule is C\C=C/C(=C\C(=C\CC)CNC(=O)OC(C)(C)C)CO. The summed E-state index contributed by atoms with van der Waals surface area (Å²) in [4.78, 5) is 11.6. The molecule has 0 aromatic rings. The van der Waals surface area contributed by atoms with Gasteiger partial charge in [0.05, 0.1) is 6.61 Å². The molecule has 0 rings (SSSR count). The predicted octanol–water partition coefficient (Wildman–Crippen LogP) is 3.34. The molecular weight excluding hydrogens is 254 g/mol. The van der Waals surface area contributed by atoms with Gasteiger partial charge in [0.1, 0.15) is 5.60 Å². The lowest BCUT2D eigenvalue weighted by Crippen LogP contribution is -2.33. The summed E-state index contributed by atoms with van der Waals surface area (Å²) in [5, 5.41) is 12.0. The summed E-state index contributed by atoms with van der Waals surface area (Å²) in [5.41, 5.74) is 1.24. The first-order chi connectivity index (χ1) is 9.32. The Morgan fingerprint density at radius 2 is 1.95 bits per heavy atom. The normalized spacial score (nSPS) is 13.7. The van der Waals surface area contributed by atoms with Crippen LogP contribution in [0.3, 0.4) is 0 Å². The van der Waals surface area contributed by atoms with Crippen LogP contribution in [0.15, 0.2) is 35.5 Å². The monoisotopic (exact) mass is 281 g/mol. The second kappa shape index (κ2) is 9.37. The van der Waals surface area contributed by atoms with Crippen LogP contribution >= 0.6 is 0 Å². The van der Waals surface area contributed by atoms with Gasteiger partial charge in [0.25, 0.3) is 0 Å². The van der Waals surface area contributed by atoms with Crippen molar-refractivity contribution in [3.05, 3.63) is 35.5 Å². The number of hydrogen-bond donors (Lipinski definition) is 2. The van der Waals surface area contributed by atoms with Gasteiger partial charge in [-0.3, -0.25) is 0 Å². The van der Waals surface area contributed by atoms with E-state index >= 15 is 0 Å². The molecule has 0 aliphatic heterocycles. The number of carbonyl (C=O) groups excluding carboxylic acids is 1. The molecule has 1 amide bonds. The highest BCUT2D eigenvalue weighted by atomic mass is 16.6. The molecule has 0 heterocycles. The van der Waals surface area contributed by atoms with Crippen molar-refractivity contribution in [1.82, 2.24) is 5.32 Å². The number of allylic oxidation sites excluding steroid dienone is 2. The van der Waals surface area contributed by atoms with E-state index < -0.39 is 11.7 Å². The summed E-state index contributed by atoms with van der Waals surface area (Å²) < 4.78 is 5.18. The number of amides is 1. The third kappa shape index (κ3) is 9.39. The molecule has 2 N–H and O–H groups in total. The molecule has 4 nitrogen and oxygen atoms in total. The molecule has 0 aliphatic rings. The van der Waals surface area contributed by atoms with Gasteiger partial charge in [-0.1, -0.05) is 31.2 Å². The van der Waals surface area contributed by atoms with Crippen molar-refractivity contribution in [2.75, 3.05) is 13.2 Å². The maximum atomic E-state index is 11.6. The molecule has 0 unspecified atom stereocenters. The largest absolute Gasteiger partial charge is 0.444 e. The Balaban J connectivity index is 4.66. The van der Waals surface area contributed by atoms with E-state index in [1.807, 2.05) is 58.9 Å². The molecular formula is C16H27NO3. The topological polar surface area (TPSA) is 58.6 Å². The standard InChI is InChI=1S/C16H27NO3/c1-6-8-13(10-14(12-18)9-7-2)11-17-15(19)20-16(3,4)5/h7-10,18H,6,11-12H2,1-5H3,(H,17,19)/b9-7-,13-8-,14-10+. The summed E-state index contributed by atoms with van der Waals surface area (Å²) in [5.74, 6) is 0. The second-order valence-corrected chi connectivity index (χ2v) is 5.42. The van der Waals surface area contributed by atoms with Crippen LogP contribution < -0.4 is 5.32 Å². The highest BCUT2D eigenvalue weighted by Crippen LogP contribution is 2.08. The lowest BCUT2D eigenvalue weighted by Gasteiger charge is -2.19. The second-order valence-electron chi connectivity index (χ2n) is 5.42. The highest BCUT2D eigenvalue weighted by molar-refractivity contribution is 5.68. The summed E-state index contributed by atoms with van der Waals surface area (Å²) >= 11 is 0. The predicted molar refractivity (Wildman–Crippen MR) is 82.6 cm³/mol. The molecule has 0 atom stereocenters. The Bertz CT molecular complexity index is 387. The van der Waals surface area contributed by atoms with Gasteiger partial charge in [0.15, 0.2) is 0 Å². The minimum atomic E-state index is -0.504. The Morgan fingerprint density at radius 3 is 2.40 bits per heavy atom. The van der Waals surface area contributed by atoms with Crippen LogP contribution in [-0.4, -0.2) is 30.0 Å². The first-order valence-corrected chi connectivity index (χ1v) is 6.92. The zero-order valence-corrected chi connectivity index (χ0v) is 13.2. The first-order valence-electron chi connectivity index (χ1n) is 6.92. The van der Waals surface area contributed by atoms with E-state index in [4.69, 9.17) is 4.74 Å².